The third-order valence-electron chi connectivity index (χ3n) is 3.47. The molecule has 0 unspecified atom stereocenters. The summed E-state index contributed by atoms with van der Waals surface area (Å²) in [5.74, 6) is 2.02. The first-order valence-electron chi connectivity index (χ1n) is 8.08. The molecule has 1 aliphatic rings. The zero-order valence-electron chi connectivity index (χ0n) is 13.7. The van der Waals surface area contributed by atoms with Gasteiger partial charge in [-0.3, -0.25) is 4.99 Å². The Labute approximate surface area is 133 Å². The van der Waals surface area contributed by atoms with Gasteiger partial charge in [0.1, 0.15) is 0 Å². The molecule has 1 fully saturated rings. The van der Waals surface area contributed by atoms with Gasteiger partial charge in [-0.2, -0.15) is 11.8 Å². The van der Waals surface area contributed by atoms with Gasteiger partial charge in [-0.05, 0) is 32.4 Å². The van der Waals surface area contributed by atoms with Crippen LogP contribution < -0.4 is 10.6 Å². The number of ether oxygens (including phenoxy) is 2. The Hall–Kier alpha value is -0.460. The second kappa shape index (κ2) is 11.2. The number of rotatable bonds is 9. The van der Waals surface area contributed by atoms with E-state index < -0.39 is 0 Å². The minimum Gasteiger partial charge on any atom is -0.381 e. The normalized spacial score (nSPS) is 18.5. The summed E-state index contributed by atoms with van der Waals surface area (Å²) < 4.78 is 11.1. The average Bonchev–Trinajstić information content (AvgIpc) is 2.50. The number of hydrogen-bond acceptors (Lipinski definition) is 4. The van der Waals surface area contributed by atoms with Crippen LogP contribution in [0.25, 0.3) is 0 Å². The van der Waals surface area contributed by atoms with Crippen LogP contribution in [-0.2, 0) is 9.47 Å². The Morgan fingerprint density at radius 3 is 2.62 bits per heavy atom. The molecule has 0 spiro atoms. The number of thioether (sulfide) groups is 1. The molecule has 0 amide bonds. The van der Waals surface area contributed by atoms with E-state index in [4.69, 9.17) is 14.5 Å². The Balaban J connectivity index is 2.52. The van der Waals surface area contributed by atoms with Crippen LogP contribution >= 0.6 is 11.8 Å². The van der Waals surface area contributed by atoms with Crippen molar-refractivity contribution in [2.75, 3.05) is 51.8 Å². The van der Waals surface area contributed by atoms with Gasteiger partial charge in [-0.1, -0.05) is 6.92 Å². The van der Waals surface area contributed by atoms with Gasteiger partial charge in [0.2, 0.25) is 0 Å². The average molecular weight is 317 g/mol. The highest BCUT2D eigenvalue weighted by atomic mass is 32.2. The van der Waals surface area contributed by atoms with E-state index in [0.717, 1.165) is 64.0 Å². The van der Waals surface area contributed by atoms with Gasteiger partial charge in [0.25, 0.3) is 0 Å². The monoisotopic (exact) mass is 317 g/mol. The van der Waals surface area contributed by atoms with E-state index in [1.54, 1.807) is 0 Å². The van der Waals surface area contributed by atoms with Crippen LogP contribution in [0, 0.1) is 0 Å². The number of nitrogens with one attached hydrogen (secondary N) is 2. The van der Waals surface area contributed by atoms with Crippen molar-refractivity contribution >= 4 is 17.7 Å². The van der Waals surface area contributed by atoms with Crippen LogP contribution in [0.2, 0.25) is 0 Å². The van der Waals surface area contributed by atoms with Crippen LogP contribution in [0.3, 0.4) is 0 Å². The number of aliphatic imine (C=N–C) groups is 1. The highest BCUT2D eigenvalue weighted by molar-refractivity contribution is 8.00. The Morgan fingerprint density at radius 2 is 2.00 bits per heavy atom. The summed E-state index contributed by atoms with van der Waals surface area (Å²) in [4.78, 5) is 4.79. The molecule has 0 aromatic rings. The molecule has 5 nitrogen and oxygen atoms in total. The Morgan fingerprint density at radius 1 is 1.24 bits per heavy atom. The van der Waals surface area contributed by atoms with E-state index in [2.05, 4.69) is 24.5 Å². The highest BCUT2D eigenvalue weighted by Gasteiger charge is 2.32. The number of guanidine groups is 1. The molecule has 0 atom stereocenters. The second-order valence-corrected chi connectivity index (χ2v) is 6.78. The third-order valence-corrected chi connectivity index (χ3v) is 4.91. The molecule has 6 heteroatoms. The van der Waals surface area contributed by atoms with Gasteiger partial charge in [0, 0.05) is 37.7 Å². The second-order valence-electron chi connectivity index (χ2n) is 5.05. The van der Waals surface area contributed by atoms with Crippen molar-refractivity contribution < 1.29 is 9.47 Å². The minimum atomic E-state index is 0.245. The lowest BCUT2D eigenvalue weighted by Gasteiger charge is -2.35. The maximum absolute atomic E-state index is 5.51. The molecule has 1 heterocycles. The fourth-order valence-electron chi connectivity index (χ4n) is 2.35. The lowest BCUT2D eigenvalue weighted by Crippen LogP contribution is -2.42. The van der Waals surface area contributed by atoms with Crippen LogP contribution in [0.1, 0.15) is 33.6 Å². The first-order chi connectivity index (χ1) is 10.3. The molecule has 0 saturated carbocycles. The van der Waals surface area contributed by atoms with Gasteiger partial charge < -0.3 is 20.1 Å². The van der Waals surface area contributed by atoms with Crippen molar-refractivity contribution in [3.8, 4) is 0 Å². The summed E-state index contributed by atoms with van der Waals surface area (Å²) in [7, 11) is 0. The van der Waals surface area contributed by atoms with Crippen molar-refractivity contribution in [1.29, 1.82) is 0 Å². The van der Waals surface area contributed by atoms with E-state index in [9.17, 15) is 0 Å². The minimum absolute atomic E-state index is 0.245. The SMILES string of the molecule is CCNC(=NCC1(SCC)CCOCC1)NCCOCC. The van der Waals surface area contributed by atoms with E-state index in [1.165, 1.54) is 0 Å². The van der Waals surface area contributed by atoms with E-state index in [1.807, 2.05) is 18.7 Å². The molecule has 1 rings (SSSR count). The van der Waals surface area contributed by atoms with E-state index in [-0.39, 0.29) is 4.75 Å². The molecule has 0 aliphatic carbocycles. The first-order valence-corrected chi connectivity index (χ1v) is 9.06. The van der Waals surface area contributed by atoms with Gasteiger partial charge in [0.05, 0.1) is 13.2 Å². The Kier molecular flexibility index (Phi) is 9.87. The molecule has 21 heavy (non-hydrogen) atoms. The predicted octanol–water partition coefficient (Wildman–Crippen LogP) is 1.88. The summed E-state index contributed by atoms with van der Waals surface area (Å²) in [5.41, 5.74) is 0. The quantitative estimate of drug-likeness (QED) is 0.386. The highest BCUT2D eigenvalue weighted by Crippen LogP contribution is 2.35. The lowest BCUT2D eigenvalue weighted by molar-refractivity contribution is 0.0793. The summed E-state index contributed by atoms with van der Waals surface area (Å²) in [6.07, 6.45) is 2.18. The summed E-state index contributed by atoms with van der Waals surface area (Å²) in [6, 6.07) is 0. The molecule has 0 bridgehead atoms. The van der Waals surface area contributed by atoms with Gasteiger partial charge in [-0.15, -0.1) is 0 Å². The third kappa shape index (κ3) is 7.38. The maximum atomic E-state index is 5.51. The molecule has 1 aliphatic heterocycles. The molecular formula is C15H31N3O2S. The van der Waals surface area contributed by atoms with E-state index >= 15 is 0 Å². The van der Waals surface area contributed by atoms with Crippen molar-refractivity contribution in [2.45, 2.75) is 38.4 Å². The lowest BCUT2D eigenvalue weighted by atomic mass is 9.99. The number of hydrogen-bond donors (Lipinski definition) is 2. The van der Waals surface area contributed by atoms with E-state index in [0.29, 0.717) is 6.61 Å². The fourth-order valence-corrected chi connectivity index (χ4v) is 3.57. The molecule has 2 N–H and O–H groups in total. The summed E-state index contributed by atoms with van der Waals surface area (Å²) in [5, 5.41) is 6.63. The first kappa shape index (κ1) is 18.6. The molecular weight excluding hydrogens is 286 g/mol. The standard InChI is InChI=1S/C15H31N3O2S/c1-4-16-14(17-9-12-19-5-2)18-13-15(21-6-3)7-10-20-11-8-15/h4-13H2,1-3H3,(H2,16,17,18). The largest absolute Gasteiger partial charge is 0.381 e. The predicted molar refractivity (Wildman–Crippen MR) is 91.4 cm³/mol. The fraction of sp³-hybridized carbons (Fsp3) is 0.933. The topological polar surface area (TPSA) is 54.9 Å². The van der Waals surface area contributed by atoms with Crippen LogP contribution in [0.15, 0.2) is 4.99 Å². The van der Waals surface area contributed by atoms with Gasteiger partial charge >= 0.3 is 0 Å². The number of nitrogens with zero attached hydrogens (tertiary/aromatic N) is 1. The zero-order chi connectivity index (χ0) is 15.4. The molecule has 124 valence electrons. The molecule has 0 aromatic heterocycles. The van der Waals surface area contributed by atoms with Crippen molar-refractivity contribution in [3.05, 3.63) is 0 Å². The van der Waals surface area contributed by atoms with Gasteiger partial charge in [0.15, 0.2) is 5.96 Å². The molecule has 1 saturated heterocycles. The summed E-state index contributed by atoms with van der Waals surface area (Å²) >= 11 is 2.02. The zero-order valence-corrected chi connectivity index (χ0v) is 14.6. The van der Waals surface area contributed by atoms with Crippen molar-refractivity contribution in [1.82, 2.24) is 10.6 Å². The van der Waals surface area contributed by atoms with Crippen LogP contribution in [-0.4, -0.2) is 62.5 Å². The Bertz CT molecular complexity index is 289. The van der Waals surface area contributed by atoms with Gasteiger partial charge in [-0.25, -0.2) is 0 Å². The van der Waals surface area contributed by atoms with Crippen LogP contribution in [0.4, 0.5) is 0 Å². The summed E-state index contributed by atoms with van der Waals surface area (Å²) in [6.45, 7) is 12.0. The molecule has 0 aromatic carbocycles. The maximum Gasteiger partial charge on any atom is 0.191 e. The smallest absolute Gasteiger partial charge is 0.191 e. The molecule has 0 radical (unpaired) electrons. The van der Waals surface area contributed by atoms with Crippen molar-refractivity contribution in [2.24, 2.45) is 4.99 Å². The van der Waals surface area contributed by atoms with Crippen molar-refractivity contribution in [3.63, 3.8) is 0 Å². The van der Waals surface area contributed by atoms with Crippen LogP contribution in [0.5, 0.6) is 0 Å².